The molecule has 0 N–H and O–H groups in total. The molecule has 0 aliphatic heterocycles. The summed E-state index contributed by atoms with van der Waals surface area (Å²) < 4.78 is 12.0. The molecule has 112 valence electrons. The lowest BCUT2D eigenvalue weighted by Crippen LogP contribution is -2.47. The van der Waals surface area contributed by atoms with Gasteiger partial charge in [0, 0.05) is 29.3 Å². The van der Waals surface area contributed by atoms with E-state index in [1.54, 1.807) is 6.26 Å². The van der Waals surface area contributed by atoms with E-state index in [0.29, 0.717) is 18.1 Å². The van der Waals surface area contributed by atoms with Crippen molar-refractivity contribution in [3.8, 4) is 0 Å². The minimum atomic E-state index is -0.886. The third-order valence-electron chi connectivity index (χ3n) is 4.34. The number of hydrogen-bond acceptors (Lipinski definition) is 2. The molecule has 0 spiro atoms. The summed E-state index contributed by atoms with van der Waals surface area (Å²) in [6.07, 6.45) is 5.16. The van der Waals surface area contributed by atoms with Crippen molar-refractivity contribution < 1.29 is 4.21 Å². The molecule has 1 aromatic carbocycles. The van der Waals surface area contributed by atoms with Crippen LogP contribution in [-0.2, 0) is 23.6 Å². The van der Waals surface area contributed by atoms with Crippen LogP contribution < -0.4 is 0 Å². The molecule has 0 bridgehead atoms. The molecular formula is C17H27NOS. The summed E-state index contributed by atoms with van der Waals surface area (Å²) in [4.78, 5) is 3.65. The number of aryl methyl sites for hydroxylation is 1. The molecule has 3 heteroatoms. The SMILES string of the molecule is CC(C)N(C(C)C)C1CCc2cccc(S(C)=O)c2C1. The van der Waals surface area contributed by atoms with Crippen LogP contribution >= 0.6 is 0 Å². The second-order valence-electron chi connectivity index (χ2n) is 6.38. The lowest BCUT2D eigenvalue weighted by molar-refractivity contribution is 0.102. The van der Waals surface area contributed by atoms with E-state index in [1.807, 2.05) is 6.07 Å². The Morgan fingerprint density at radius 3 is 2.40 bits per heavy atom. The third-order valence-corrected chi connectivity index (χ3v) is 5.34. The summed E-state index contributed by atoms with van der Waals surface area (Å²) in [7, 11) is -0.886. The first kappa shape index (κ1) is 15.7. The maximum Gasteiger partial charge on any atom is 0.0501 e. The largest absolute Gasteiger partial charge is 0.295 e. The Morgan fingerprint density at radius 2 is 1.85 bits per heavy atom. The summed E-state index contributed by atoms with van der Waals surface area (Å²) in [5.74, 6) is 0. The van der Waals surface area contributed by atoms with Crippen LogP contribution in [0.2, 0.25) is 0 Å². The topological polar surface area (TPSA) is 20.3 Å². The quantitative estimate of drug-likeness (QED) is 0.848. The average Bonchev–Trinajstić information content (AvgIpc) is 2.36. The van der Waals surface area contributed by atoms with Gasteiger partial charge in [-0.2, -0.15) is 0 Å². The molecular weight excluding hydrogens is 266 g/mol. The van der Waals surface area contributed by atoms with Crippen molar-refractivity contribution in [2.24, 2.45) is 0 Å². The van der Waals surface area contributed by atoms with Crippen LogP contribution in [0.15, 0.2) is 23.1 Å². The van der Waals surface area contributed by atoms with Gasteiger partial charge in [-0.1, -0.05) is 12.1 Å². The Morgan fingerprint density at radius 1 is 1.20 bits per heavy atom. The fourth-order valence-corrected chi connectivity index (χ4v) is 4.53. The Hall–Kier alpha value is -0.670. The number of rotatable bonds is 4. The van der Waals surface area contributed by atoms with Gasteiger partial charge in [-0.15, -0.1) is 0 Å². The molecule has 1 aliphatic carbocycles. The van der Waals surface area contributed by atoms with Gasteiger partial charge in [-0.05, 0) is 64.2 Å². The third kappa shape index (κ3) is 3.15. The standard InChI is InChI=1S/C17H27NOS/c1-12(2)18(13(3)4)15-10-9-14-7-6-8-17(20(5)19)16(14)11-15/h6-8,12-13,15H,9-11H2,1-5H3. The Bertz CT molecular complexity index is 488. The van der Waals surface area contributed by atoms with E-state index in [9.17, 15) is 4.21 Å². The van der Waals surface area contributed by atoms with Crippen LogP contribution in [0.25, 0.3) is 0 Å². The fraction of sp³-hybridized carbons (Fsp3) is 0.647. The van der Waals surface area contributed by atoms with Gasteiger partial charge in [0.1, 0.15) is 0 Å². The molecule has 2 unspecified atom stereocenters. The van der Waals surface area contributed by atoms with Gasteiger partial charge >= 0.3 is 0 Å². The monoisotopic (exact) mass is 293 g/mol. The van der Waals surface area contributed by atoms with Crippen LogP contribution in [0.5, 0.6) is 0 Å². The highest BCUT2D eigenvalue weighted by Crippen LogP contribution is 2.30. The van der Waals surface area contributed by atoms with Crippen molar-refractivity contribution in [3.05, 3.63) is 29.3 Å². The van der Waals surface area contributed by atoms with Crippen LogP contribution in [0, 0.1) is 0 Å². The molecule has 2 nitrogen and oxygen atoms in total. The van der Waals surface area contributed by atoms with Crippen LogP contribution in [0.3, 0.4) is 0 Å². The van der Waals surface area contributed by atoms with Crippen molar-refractivity contribution in [2.75, 3.05) is 6.26 Å². The van der Waals surface area contributed by atoms with Gasteiger partial charge in [0.2, 0.25) is 0 Å². The summed E-state index contributed by atoms with van der Waals surface area (Å²) in [6, 6.07) is 7.98. The Labute approximate surface area is 126 Å². The maximum atomic E-state index is 12.0. The normalized spacial score (nSPS) is 20.5. The van der Waals surface area contributed by atoms with Crippen LogP contribution in [0.4, 0.5) is 0 Å². The Kier molecular flexibility index (Phi) is 5.03. The molecule has 0 heterocycles. The van der Waals surface area contributed by atoms with E-state index in [4.69, 9.17) is 0 Å². The van der Waals surface area contributed by atoms with Gasteiger partial charge in [0.15, 0.2) is 0 Å². The summed E-state index contributed by atoms with van der Waals surface area (Å²) in [5, 5.41) is 0. The second kappa shape index (κ2) is 6.40. The molecule has 0 radical (unpaired) electrons. The predicted octanol–water partition coefficient (Wildman–Crippen LogP) is 3.40. The molecule has 2 rings (SSSR count). The first-order chi connectivity index (χ1) is 9.41. The number of benzene rings is 1. The first-order valence-electron chi connectivity index (χ1n) is 7.63. The molecule has 0 fully saturated rings. The first-order valence-corrected chi connectivity index (χ1v) is 9.19. The number of hydrogen-bond donors (Lipinski definition) is 0. The molecule has 1 aromatic rings. The van der Waals surface area contributed by atoms with Crippen molar-refractivity contribution in [1.82, 2.24) is 4.90 Å². The lowest BCUT2D eigenvalue weighted by atomic mass is 9.86. The van der Waals surface area contributed by atoms with E-state index < -0.39 is 10.8 Å². The van der Waals surface area contributed by atoms with Crippen LogP contribution in [0.1, 0.15) is 45.2 Å². The highest BCUT2D eigenvalue weighted by molar-refractivity contribution is 7.84. The molecule has 0 saturated carbocycles. The predicted molar refractivity (Wildman–Crippen MR) is 86.7 cm³/mol. The van der Waals surface area contributed by atoms with Crippen LogP contribution in [-0.4, -0.2) is 33.5 Å². The minimum Gasteiger partial charge on any atom is -0.295 e. The smallest absolute Gasteiger partial charge is 0.0501 e. The van der Waals surface area contributed by atoms with Crippen molar-refractivity contribution in [1.29, 1.82) is 0 Å². The molecule has 0 saturated heterocycles. The highest BCUT2D eigenvalue weighted by Gasteiger charge is 2.29. The maximum absolute atomic E-state index is 12.0. The lowest BCUT2D eigenvalue weighted by Gasteiger charge is -2.41. The average molecular weight is 293 g/mol. The van der Waals surface area contributed by atoms with Crippen molar-refractivity contribution in [3.63, 3.8) is 0 Å². The molecule has 0 aromatic heterocycles. The molecule has 2 atom stereocenters. The van der Waals surface area contributed by atoms with Crippen molar-refractivity contribution >= 4 is 10.8 Å². The Balaban J connectivity index is 2.32. The van der Waals surface area contributed by atoms with Gasteiger partial charge < -0.3 is 0 Å². The number of fused-ring (bicyclic) bond motifs is 1. The van der Waals surface area contributed by atoms with E-state index in [2.05, 4.69) is 44.7 Å². The fourth-order valence-electron chi connectivity index (χ4n) is 3.70. The second-order valence-corrected chi connectivity index (χ2v) is 7.73. The van der Waals surface area contributed by atoms with Gasteiger partial charge in [-0.25, -0.2) is 0 Å². The van der Waals surface area contributed by atoms with Gasteiger partial charge in [-0.3, -0.25) is 9.11 Å². The zero-order valence-electron chi connectivity index (χ0n) is 13.3. The molecule has 20 heavy (non-hydrogen) atoms. The van der Waals surface area contributed by atoms with E-state index in [0.717, 1.165) is 17.7 Å². The molecule has 1 aliphatic rings. The summed E-state index contributed by atoms with van der Waals surface area (Å²) >= 11 is 0. The number of nitrogens with zero attached hydrogens (tertiary/aromatic N) is 1. The van der Waals surface area contributed by atoms with Crippen molar-refractivity contribution in [2.45, 2.75) is 70.0 Å². The summed E-state index contributed by atoms with van der Waals surface area (Å²) in [5.41, 5.74) is 2.75. The van der Waals surface area contributed by atoms with E-state index in [-0.39, 0.29) is 0 Å². The highest BCUT2D eigenvalue weighted by atomic mass is 32.2. The van der Waals surface area contributed by atoms with E-state index >= 15 is 0 Å². The summed E-state index contributed by atoms with van der Waals surface area (Å²) in [6.45, 7) is 9.11. The zero-order valence-corrected chi connectivity index (χ0v) is 14.2. The van der Waals surface area contributed by atoms with Gasteiger partial charge in [0.25, 0.3) is 0 Å². The zero-order chi connectivity index (χ0) is 14.9. The van der Waals surface area contributed by atoms with Gasteiger partial charge in [0.05, 0.1) is 10.8 Å². The van der Waals surface area contributed by atoms with E-state index in [1.165, 1.54) is 17.5 Å². The minimum absolute atomic E-state index is 0.556. The molecule has 0 amide bonds.